The van der Waals surface area contributed by atoms with Gasteiger partial charge in [-0.05, 0) is 19.2 Å². The third-order valence-corrected chi connectivity index (χ3v) is 2.51. The molecule has 0 atom stereocenters. The van der Waals surface area contributed by atoms with Gasteiger partial charge in [-0.15, -0.1) is 5.10 Å². The van der Waals surface area contributed by atoms with Crippen LogP contribution in [0.2, 0.25) is 0 Å². The van der Waals surface area contributed by atoms with E-state index in [-0.39, 0.29) is 0 Å². The van der Waals surface area contributed by atoms with Crippen LogP contribution in [-0.4, -0.2) is 29.2 Å². The number of nitriles is 1. The minimum Gasteiger partial charge on any atom is -0.494 e. The highest BCUT2D eigenvalue weighted by atomic mass is 16.5. The number of ether oxygens (including phenoxy) is 1. The SMILES string of the molecule is CNCc1cnnn1-c1ccc(C#N)cc1OC. The van der Waals surface area contributed by atoms with E-state index in [9.17, 15) is 0 Å². The highest BCUT2D eigenvalue weighted by Crippen LogP contribution is 2.24. The van der Waals surface area contributed by atoms with E-state index >= 15 is 0 Å². The Morgan fingerprint density at radius 3 is 3.00 bits per heavy atom. The molecule has 0 aliphatic rings. The fourth-order valence-corrected chi connectivity index (χ4v) is 1.68. The average Bonchev–Trinajstić information content (AvgIpc) is 2.86. The highest BCUT2D eigenvalue weighted by molar-refractivity contribution is 5.51. The molecule has 0 unspecified atom stereocenters. The Kier molecular flexibility index (Phi) is 3.55. The fraction of sp³-hybridized carbons (Fsp3) is 0.250. The van der Waals surface area contributed by atoms with Crippen LogP contribution in [0, 0.1) is 11.3 Å². The van der Waals surface area contributed by atoms with Crippen LogP contribution in [0.1, 0.15) is 11.3 Å². The Balaban J connectivity index is 2.50. The lowest BCUT2D eigenvalue weighted by Crippen LogP contribution is -2.11. The lowest BCUT2D eigenvalue weighted by molar-refractivity contribution is 0.410. The minimum absolute atomic E-state index is 0.547. The summed E-state index contributed by atoms with van der Waals surface area (Å²) < 4.78 is 6.98. The first-order valence-corrected chi connectivity index (χ1v) is 5.43. The second kappa shape index (κ2) is 5.29. The Bertz CT molecular complexity index is 584. The van der Waals surface area contributed by atoms with Gasteiger partial charge in [0.05, 0.1) is 30.6 Å². The van der Waals surface area contributed by atoms with Crippen LogP contribution in [0.3, 0.4) is 0 Å². The van der Waals surface area contributed by atoms with Gasteiger partial charge in [-0.25, -0.2) is 4.68 Å². The van der Waals surface area contributed by atoms with Crippen molar-refractivity contribution in [1.29, 1.82) is 5.26 Å². The molecule has 1 aromatic heterocycles. The van der Waals surface area contributed by atoms with E-state index in [1.807, 2.05) is 7.05 Å². The zero-order chi connectivity index (χ0) is 13.0. The smallest absolute Gasteiger partial charge is 0.145 e. The molecule has 0 amide bonds. The number of nitrogens with one attached hydrogen (secondary N) is 1. The van der Waals surface area contributed by atoms with Crippen LogP contribution >= 0.6 is 0 Å². The van der Waals surface area contributed by atoms with E-state index in [1.54, 1.807) is 36.2 Å². The molecule has 0 radical (unpaired) electrons. The summed E-state index contributed by atoms with van der Waals surface area (Å²) in [6.45, 7) is 0.649. The predicted molar refractivity (Wildman–Crippen MR) is 65.4 cm³/mol. The molecule has 6 heteroatoms. The first-order chi connectivity index (χ1) is 8.80. The van der Waals surface area contributed by atoms with Crippen LogP contribution in [0.25, 0.3) is 5.69 Å². The largest absolute Gasteiger partial charge is 0.494 e. The highest BCUT2D eigenvalue weighted by Gasteiger charge is 2.11. The van der Waals surface area contributed by atoms with E-state index in [0.29, 0.717) is 17.9 Å². The van der Waals surface area contributed by atoms with E-state index in [0.717, 1.165) is 11.4 Å². The Morgan fingerprint density at radius 1 is 1.50 bits per heavy atom. The van der Waals surface area contributed by atoms with Crippen LogP contribution in [0.15, 0.2) is 24.4 Å². The third kappa shape index (κ3) is 2.17. The average molecular weight is 243 g/mol. The molecule has 1 aromatic carbocycles. The molecule has 18 heavy (non-hydrogen) atoms. The number of aromatic nitrogens is 3. The second-order valence-electron chi connectivity index (χ2n) is 3.67. The molecule has 92 valence electrons. The van der Waals surface area contributed by atoms with E-state index in [1.165, 1.54) is 0 Å². The maximum Gasteiger partial charge on any atom is 0.145 e. The predicted octanol–water partition coefficient (Wildman–Crippen LogP) is 0.867. The Labute approximate surface area is 105 Å². The maximum absolute atomic E-state index is 8.87. The van der Waals surface area contributed by atoms with Crippen LogP contribution < -0.4 is 10.1 Å². The summed E-state index contributed by atoms with van der Waals surface area (Å²) in [6, 6.07) is 7.28. The van der Waals surface area contributed by atoms with Crippen LogP contribution in [-0.2, 0) is 6.54 Å². The standard InChI is InChI=1S/C12H13N5O/c1-14-7-10-8-15-16-17(10)11-4-3-9(6-13)5-12(11)18-2/h3-5,8,14H,7H2,1-2H3. The number of hydrogen-bond acceptors (Lipinski definition) is 5. The molecule has 1 heterocycles. The monoisotopic (exact) mass is 243 g/mol. The normalized spacial score (nSPS) is 10.1. The van der Waals surface area contributed by atoms with Gasteiger partial charge in [0.2, 0.25) is 0 Å². The summed E-state index contributed by atoms with van der Waals surface area (Å²) in [5, 5.41) is 19.8. The number of nitrogens with zero attached hydrogens (tertiary/aromatic N) is 4. The molecule has 1 N–H and O–H groups in total. The van der Waals surface area contributed by atoms with Crippen molar-refractivity contribution in [3.05, 3.63) is 35.7 Å². The summed E-state index contributed by atoms with van der Waals surface area (Å²) in [4.78, 5) is 0. The van der Waals surface area contributed by atoms with Gasteiger partial charge in [0.15, 0.2) is 0 Å². The van der Waals surface area contributed by atoms with Gasteiger partial charge < -0.3 is 10.1 Å². The quantitative estimate of drug-likeness (QED) is 0.862. The van der Waals surface area contributed by atoms with Crippen molar-refractivity contribution in [3.63, 3.8) is 0 Å². The lowest BCUT2D eigenvalue weighted by Gasteiger charge is -2.10. The number of hydrogen-bond donors (Lipinski definition) is 1. The van der Waals surface area contributed by atoms with E-state index in [4.69, 9.17) is 10.00 Å². The van der Waals surface area contributed by atoms with Crippen molar-refractivity contribution in [2.45, 2.75) is 6.54 Å². The van der Waals surface area contributed by atoms with Crippen molar-refractivity contribution in [3.8, 4) is 17.5 Å². The third-order valence-electron chi connectivity index (χ3n) is 2.51. The molecule has 2 aromatic rings. The van der Waals surface area contributed by atoms with Crippen LogP contribution in [0.4, 0.5) is 0 Å². The summed E-state index contributed by atoms with van der Waals surface area (Å²) in [5.41, 5.74) is 2.23. The molecule has 0 aliphatic heterocycles. The zero-order valence-corrected chi connectivity index (χ0v) is 10.2. The maximum atomic E-state index is 8.87. The van der Waals surface area contributed by atoms with E-state index < -0.39 is 0 Å². The molecule has 6 nitrogen and oxygen atoms in total. The van der Waals surface area contributed by atoms with Gasteiger partial charge >= 0.3 is 0 Å². The van der Waals surface area contributed by atoms with Gasteiger partial charge in [0.1, 0.15) is 11.4 Å². The molecular weight excluding hydrogens is 230 g/mol. The molecular formula is C12H13N5O. The molecule has 0 aliphatic carbocycles. The topological polar surface area (TPSA) is 75.8 Å². The number of benzene rings is 1. The molecule has 2 rings (SSSR count). The van der Waals surface area contributed by atoms with E-state index in [2.05, 4.69) is 21.7 Å². The summed E-state index contributed by atoms with van der Waals surface area (Å²) in [5.74, 6) is 0.594. The van der Waals surface area contributed by atoms with Crippen molar-refractivity contribution in [1.82, 2.24) is 20.3 Å². The Hall–Kier alpha value is -2.39. The summed E-state index contributed by atoms with van der Waals surface area (Å²) >= 11 is 0. The number of methoxy groups -OCH3 is 1. The first-order valence-electron chi connectivity index (χ1n) is 5.43. The van der Waals surface area contributed by atoms with Gasteiger partial charge in [-0.3, -0.25) is 0 Å². The van der Waals surface area contributed by atoms with Crippen molar-refractivity contribution < 1.29 is 4.74 Å². The minimum atomic E-state index is 0.547. The first kappa shape index (κ1) is 12.1. The van der Waals surface area contributed by atoms with Crippen molar-refractivity contribution in [2.24, 2.45) is 0 Å². The molecule has 0 spiro atoms. The van der Waals surface area contributed by atoms with Crippen molar-refractivity contribution >= 4 is 0 Å². The van der Waals surface area contributed by atoms with Gasteiger partial charge in [-0.1, -0.05) is 5.21 Å². The summed E-state index contributed by atoms with van der Waals surface area (Å²) in [7, 11) is 3.42. The lowest BCUT2D eigenvalue weighted by atomic mass is 10.2. The molecule has 0 saturated carbocycles. The Morgan fingerprint density at radius 2 is 2.33 bits per heavy atom. The van der Waals surface area contributed by atoms with Gasteiger partial charge in [0, 0.05) is 12.6 Å². The second-order valence-corrected chi connectivity index (χ2v) is 3.67. The zero-order valence-electron chi connectivity index (χ0n) is 10.2. The van der Waals surface area contributed by atoms with Gasteiger partial charge in [-0.2, -0.15) is 5.26 Å². The molecule has 0 bridgehead atoms. The molecule has 0 saturated heterocycles. The number of rotatable bonds is 4. The summed E-state index contributed by atoms with van der Waals surface area (Å²) in [6.07, 6.45) is 1.69. The molecule has 0 fully saturated rings. The van der Waals surface area contributed by atoms with Crippen molar-refractivity contribution in [2.75, 3.05) is 14.2 Å². The fourth-order valence-electron chi connectivity index (χ4n) is 1.68. The van der Waals surface area contributed by atoms with Gasteiger partial charge in [0.25, 0.3) is 0 Å². The van der Waals surface area contributed by atoms with Crippen LogP contribution in [0.5, 0.6) is 5.75 Å².